The minimum absolute atomic E-state index is 0.136. The van der Waals surface area contributed by atoms with Crippen LogP contribution in [0.15, 0.2) is 72.8 Å². The Morgan fingerprint density at radius 2 is 1.70 bits per heavy atom. The Hall–Kier alpha value is -2.98. The van der Waals surface area contributed by atoms with Crippen LogP contribution in [0.25, 0.3) is 0 Å². The number of phenols is 1. The molecular formula is C26H26O4. The normalized spacial score (nSPS) is 23.3. The first-order valence-corrected chi connectivity index (χ1v) is 10.7. The maximum absolute atomic E-state index is 9.77. The third-order valence-corrected chi connectivity index (χ3v) is 6.03. The van der Waals surface area contributed by atoms with Gasteiger partial charge in [0.25, 0.3) is 0 Å². The molecule has 3 aromatic rings. The molecule has 5 rings (SSSR count). The van der Waals surface area contributed by atoms with Crippen LogP contribution < -0.4 is 9.47 Å². The van der Waals surface area contributed by atoms with Gasteiger partial charge in [0.05, 0.1) is 13.2 Å². The van der Waals surface area contributed by atoms with Crippen LogP contribution in [0.1, 0.15) is 47.8 Å². The molecule has 3 atom stereocenters. The molecule has 2 aliphatic rings. The zero-order chi connectivity index (χ0) is 20.3. The molecule has 3 unspecified atom stereocenters. The predicted molar refractivity (Wildman–Crippen MR) is 115 cm³/mol. The third kappa shape index (κ3) is 3.88. The van der Waals surface area contributed by atoms with Crippen LogP contribution in [0.4, 0.5) is 0 Å². The van der Waals surface area contributed by atoms with Crippen molar-refractivity contribution < 1.29 is 19.3 Å². The molecule has 3 aromatic carbocycles. The van der Waals surface area contributed by atoms with Gasteiger partial charge in [-0.25, -0.2) is 0 Å². The van der Waals surface area contributed by atoms with Crippen LogP contribution in [0.5, 0.6) is 17.2 Å². The molecule has 2 heterocycles. The molecule has 0 saturated carbocycles. The van der Waals surface area contributed by atoms with Crippen molar-refractivity contribution in [3.05, 3.63) is 89.5 Å². The second kappa shape index (κ2) is 8.41. The van der Waals surface area contributed by atoms with Crippen LogP contribution in [-0.4, -0.2) is 24.6 Å². The Kier molecular flexibility index (Phi) is 5.33. The van der Waals surface area contributed by atoms with Gasteiger partial charge < -0.3 is 19.3 Å². The highest BCUT2D eigenvalue weighted by molar-refractivity contribution is 5.51. The molecule has 4 heteroatoms. The van der Waals surface area contributed by atoms with Crippen LogP contribution in [0.2, 0.25) is 0 Å². The van der Waals surface area contributed by atoms with Crippen LogP contribution in [0, 0.1) is 0 Å². The van der Waals surface area contributed by atoms with Crippen molar-refractivity contribution in [3.63, 3.8) is 0 Å². The zero-order valence-electron chi connectivity index (χ0n) is 16.9. The Morgan fingerprint density at radius 1 is 0.867 bits per heavy atom. The maximum Gasteiger partial charge on any atom is 0.199 e. The van der Waals surface area contributed by atoms with E-state index in [1.54, 1.807) is 12.1 Å². The summed E-state index contributed by atoms with van der Waals surface area (Å²) in [5.41, 5.74) is 3.55. The molecule has 30 heavy (non-hydrogen) atoms. The van der Waals surface area contributed by atoms with Crippen LogP contribution in [-0.2, 0) is 4.74 Å². The topological polar surface area (TPSA) is 47.9 Å². The summed E-state index contributed by atoms with van der Waals surface area (Å²) in [5.74, 6) is 2.24. The predicted octanol–water partition coefficient (Wildman–Crippen LogP) is 5.61. The van der Waals surface area contributed by atoms with Crippen molar-refractivity contribution in [3.8, 4) is 17.2 Å². The standard InChI is InChI=1S/C26H26O4/c27-20-11-9-19(10-12-20)26-22-14-13-21(30-25-8-4-5-15-28-25)16-24(22)29-17-23(26)18-6-2-1-3-7-18/h1-3,6-7,9-14,16,23,25-27H,4-5,8,15,17H2. The molecule has 0 radical (unpaired) electrons. The van der Waals surface area contributed by atoms with Crippen molar-refractivity contribution in [1.82, 2.24) is 0 Å². The molecule has 1 N–H and O–H groups in total. The Labute approximate surface area is 177 Å². The second-order valence-electron chi connectivity index (χ2n) is 8.01. The van der Waals surface area contributed by atoms with Crippen molar-refractivity contribution in [2.24, 2.45) is 0 Å². The Bertz CT molecular complexity index is 978. The minimum atomic E-state index is -0.176. The van der Waals surface area contributed by atoms with E-state index in [0.29, 0.717) is 6.61 Å². The smallest absolute Gasteiger partial charge is 0.199 e. The maximum atomic E-state index is 9.77. The number of phenolic OH excluding ortho intramolecular Hbond substituents is 1. The fourth-order valence-electron chi connectivity index (χ4n) is 4.50. The highest BCUT2D eigenvalue weighted by Crippen LogP contribution is 2.47. The van der Waals surface area contributed by atoms with Crippen molar-refractivity contribution >= 4 is 0 Å². The molecule has 2 aliphatic heterocycles. The fraction of sp³-hybridized carbons (Fsp3) is 0.308. The number of hydrogen-bond acceptors (Lipinski definition) is 4. The lowest BCUT2D eigenvalue weighted by Gasteiger charge is -2.35. The molecule has 0 amide bonds. The van der Waals surface area contributed by atoms with E-state index in [4.69, 9.17) is 14.2 Å². The number of hydrogen-bond donors (Lipinski definition) is 1. The highest BCUT2D eigenvalue weighted by Gasteiger charge is 2.33. The van der Waals surface area contributed by atoms with Gasteiger partial charge in [0, 0.05) is 29.9 Å². The minimum Gasteiger partial charge on any atom is -0.508 e. The van der Waals surface area contributed by atoms with Gasteiger partial charge in [0.1, 0.15) is 17.2 Å². The quantitative estimate of drug-likeness (QED) is 0.617. The molecular weight excluding hydrogens is 376 g/mol. The third-order valence-electron chi connectivity index (χ3n) is 6.03. The first kappa shape index (κ1) is 19.0. The van der Waals surface area contributed by atoms with Gasteiger partial charge in [-0.15, -0.1) is 0 Å². The lowest BCUT2D eigenvalue weighted by Crippen LogP contribution is -2.26. The molecule has 1 fully saturated rings. The first-order valence-electron chi connectivity index (χ1n) is 10.7. The largest absolute Gasteiger partial charge is 0.508 e. The van der Waals surface area contributed by atoms with E-state index in [0.717, 1.165) is 48.5 Å². The summed E-state index contributed by atoms with van der Waals surface area (Å²) in [5, 5.41) is 9.77. The highest BCUT2D eigenvalue weighted by atomic mass is 16.7. The monoisotopic (exact) mass is 402 g/mol. The Balaban J connectivity index is 1.50. The summed E-state index contributed by atoms with van der Waals surface area (Å²) < 4.78 is 18.0. The molecule has 1 saturated heterocycles. The average molecular weight is 402 g/mol. The molecule has 0 aromatic heterocycles. The summed E-state index contributed by atoms with van der Waals surface area (Å²) >= 11 is 0. The van der Waals surface area contributed by atoms with Crippen molar-refractivity contribution in [2.75, 3.05) is 13.2 Å². The van der Waals surface area contributed by atoms with E-state index in [9.17, 15) is 5.11 Å². The summed E-state index contributed by atoms with van der Waals surface area (Å²) in [6.45, 7) is 1.35. The second-order valence-corrected chi connectivity index (χ2v) is 8.01. The summed E-state index contributed by atoms with van der Waals surface area (Å²) in [6, 6.07) is 24.1. The summed E-state index contributed by atoms with van der Waals surface area (Å²) in [6.07, 6.45) is 2.98. The zero-order valence-corrected chi connectivity index (χ0v) is 16.9. The van der Waals surface area contributed by atoms with Gasteiger partial charge >= 0.3 is 0 Å². The number of rotatable bonds is 4. The summed E-state index contributed by atoms with van der Waals surface area (Å²) in [4.78, 5) is 0. The number of aromatic hydroxyl groups is 1. The van der Waals surface area contributed by atoms with Crippen LogP contribution in [0.3, 0.4) is 0 Å². The van der Waals surface area contributed by atoms with E-state index in [2.05, 4.69) is 30.3 Å². The number of fused-ring (bicyclic) bond motifs is 1. The van der Waals surface area contributed by atoms with Crippen molar-refractivity contribution in [2.45, 2.75) is 37.4 Å². The molecule has 4 nitrogen and oxygen atoms in total. The lowest BCUT2D eigenvalue weighted by atomic mass is 9.76. The SMILES string of the molecule is Oc1ccc(C2c3ccc(OC4CCCCO4)cc3OCC2c2ccccc2)cc1. The first-order chi connectivity index (χ1) is 14.8. The van der Waals surface area contributed by atoms with Gasteiger partial charge in [0.2, 0.25) is 0 Å². The molecule has 0 bridgehead atoms. The lowest BCUT2D eigenvalue weighted by molar-refractivity contribution is -0.106. The molecule has 154 valence electrons. The number of ether oxygens (including phenoxy) is 3. The molecule has 0 aliphatic carbocycles. The van der Waals surface area contributed by atoms with Gasteiger partial charge in [-0.1, -0.05) is 48.5 Å². The van der Waals surface area contributed by atoms with Gasteiger partial charge in [0.15, 0.2) is 6.29 Å². The van der Waals surface area contributed by atoms with Gasteiger partial charge in [-0.05, 0) is 42.2 Å². The van der Waals surface area contributed by atoms with E-state index in [1.807, 2.05) is 30.3 Å². The van der Waals surface area contributed by atoms with Crippen molar-refractivity contribution in [1.29, 1.82) is 0 Å². The number of benzene rings is 3. The van der Waals surface area contributed by atoms with Gasteiger partial charge in [-0.2, -0.15) is 0 Å². The summed E-state index contributed by atoms with van der Waals surface area (Å²) in [7, 11) is 0. The van der Waals surface area contributed by atoms with E-state index in [-0.39, 0.29) is 23.9 Å². The van der Waals surface area contributed by atoms with E-state index in [1.165, 1.54) is 5.56 Å². The van der Waals surface area contributed by atoms with E-state index >= 15 is 0 Å². The van der Waals surface area contributed by atoms with Gasteiger partial charge in [-0.3, -0.25) is 0 Å². The van der Waals surface area contributed by atoms with E-state index < -0.39 is 0 Å². The Morgan fingerprint density at radius 3 is 2.47 bits per heavy atom. The van der Waals surface area contributed by atoms with Crippen LogP contribution >= 0.6 is 0 Å². The average Bonchev–Trinajstić information content (AvgIpc) is 2.80. The fourth-order valence-corrected chi connectivity index (χ4v) is 4.50. The molecule has 0 spiro atoms.